The van der Waals surface area contributed by atoms with Crippen molar-refractivity contribution in [1.29, 1.82) is 0 Å². The molecular weight excluding hydrogens is 791 g/mol. The molecule has 12 rings (SSSR count). The Kier molecular flexibility index (Phi) is 9.43. The van der Waals surface area contributed by atoms with Crippen molar-refractivity contribution in [3.05, 3.63) is 249 Å². The molecule has 0 saturated carbocycles. The molecule has 1 heterocycles. The predicted molar refractivity (Wildman–Crippen MR) is 276 cm³/mol. The van der Waals surface area contributed by atoms with Crippen molar-refractivity contribution in [3.8, 4) is 55.6 Å². The minimum Gasteiger partial charge on any atom is -0.309 e. The van der Waals surface area contributed by atoms with Gasteiger partial charge in [-0.3, -0.25) is 0 Å². The molecule has 64 heavy (non-hydrogen) atoms. The zero-order chi connectivity index (χ0) is 42.4. The SMILES string of the molecule is c1ccc(-c2cc(-c3ccc(N(c4ccc(-c5ccc6cccc(-c7ccccc7)c6c5)cc4)c4cccc5c4sc4ccccc45)cc3)c3ccccc3c2-c2ccccc2)cc1. The highest BCUT2D eigenvalue weighted by atomic mass is 32.1. The Balaban J connectivity index is 0.993. The number of benzene rings is 11. The number of nitrogens with zero attached hydrogens (tertiary/aromatic N) is 1. The summed E-state index contributed by atoms with van der Waals surface area (Å²) in [5.41, 5.74) is 15.5. The van der Waals surface area contributed by atoms with E-state index < -0.39 is 0 Å². The third-order valence-corrected chi connectivity index (χ3v) is 13.9. The molecule has 2 heteroatoms. The Morgan fingerprint density at radius 2 is 0.812 bits per heavy atom. The summed E-state index contributed by atoms with van der Waals surface area (Å²) >= 11 is 1.87. The molecule has 0 radical (unpaired) electrons. The molecule has 0 aliphatic heterocycles. The lowest BCUT2D eigenvalue weighted by molar-refractivity contribution is 1.30. The lowest BCUT2D eigenvalue weighted by Gasteiger charge is -2.27. The van der Waals surface area contributed by atoms with E-state index in [1.54, 1.807) is 0 Å². The van der Waals surface area contributed by atoms with E-state index in [1.165, 1.54) is 103 Å². The Morgan fingerprint density at radius 3 is 1.52 bits per heavy atom. The maximum Gasteiger partial charge on any atom is 0.0640 e. The summed E-state index contributed by atoms with van der Waals surface area (Å²) in [6.07, 6.45) is 0. The van der Waals surface area contributed by atoms with Crippen molar-refractivity contribution >= 4 is 70.1 Å². The predicted octanol–water partition coefficient (Wildman–Crippen LogP) is 18.2. The fraction of sp³-hybridized carbons (Fsp3) is 0. The summed E-state index contributed by atoms with van der Waals surface area (Å²) in [6, 6.07) is 90.9. The summed E-state index contributed by atoms with van der Waals surface area (Å²) in [5.74, 6) is 0. The third-order valence-electron chi connectivity index (χ3n) is 12.7. The number of hydrogen-bond donors (Lipinski definition) is 0. The second kappa shape index (κ2) is 16.0. The zero-order valence-electron chi connectivity index (χ0n) is 35.0. The Bertz CT molecular complexity index is 3630. The average molecular weight is 832 g/mol. The second-order valence-corrected chi connectivity index (χ2v) is 17.5. The largest absolute Gasteiger partial charge is 0.309 e. The van der Waals surface area contributed by atoms with Crippen LogP contribution in [0.3, 0.4) is 0 Å². The molecule has 11 aromatic carbocycles. The van der Waals surface area contributed by atoms with Gasteiger partial charge in [-0.1, -0.05) is 200 Å². The van der Waals surface area contributed by atoms with Gasteiger partial charge in [0.2, 0.25) is 0 Å². The van der Waals surface area contributed by atoms with Crippen LogP contribution in [-0.4, -0.2) is 0 Å². The molecule has 0 saturated heterocycles. The highest BCUT2D eigenvalue weighted by Gasteiger charge is 2.20. The molecule has 300 valence electrons. The van der Waals surface area contributed by atoms with Gasteiger partial charge < -0.3 is 4.90 Å². The van der Waals surface area contributed by atoms with Gasteiger partial charge in [-0.05, 0) is 126 Å². The van der Waals surface area contributed by atoms with Crippen molar-refractivity contribution in [2.75, 3.05) is 4.90 Å². The molecular formula is C62H41NS. The monoisotopic (exact) mass is 831 g/mol. The molecule has 12 aromatic rings. The molecule has 0 aliphatic carbocycles. The van der Waals surface area contributed by atoms with E-state index in [4.69, 9.17) is 0 Å². The topological polar surface area (TPSA) is 3.24 Å². The van der Waals surface area contributed by atoms with Crippen LogP contribution in [0.1, 0.15) is 0 Å². The Morgan fingerprint density at radius 1 is 0.281 bits per heavy atom. The number of hydrogen-bond acceptors (Lipinski definition) is 2. The normalized spacial score (nSPS) is 11.4. The smallest absolute Gasteiger partial charge is 0.0640 e. The van der Waals surface area contributed by atoms with E-state index in [-0.39, 0.29) is 0 Å². The van der Waals surface area contributed by atoms with Crippen LogP contribution in [0.25, 0.3) is 97.4 Å². The number of fused-ring (bicyclic) bond motifs is 5. The summed E-state index contributed by atoms with van der Waals surface area (Å²) in [4.78, 5) is 2.44. The van der Waals surface area contributed by atoms with Crippen LogP contribution in [-0.2, 0) is 0 Å². The van der Waals surface area contributed by atoms with Gasteiger partial charge in [0.1, 0.15) is 0 Å². The maximum absolute atomic E-state index is 2.44. The minimum atomic E-state index is 1.10. The van der Waals surface area contributed by atoms with E-state index in [2.05, 4.69) is 254 Å². The van der Waals surface area contributed by atoms with Gasteiger partial charge in [0.25, 0.3) is 0 Å². The third kappa shape index (κ3) is 6.64. The molecule has 0 aliphatic rings. The molecule has 0 bridgehead atoms. The number of rotatable bonds is 8. The molecule has 0 spiro atoms. The maximum atomic E-state index is 2.44. The molecule has 1 aromatic heterocycles. The highest BCUT2D eigenvalue weighted by molar-refractivity contribution is 7.26. The summed E-state index contributed by atoms with van der Waals surface area (Å²) in [7, 11) is 0. The first-order valence-corrected chi connectivity index (χ1v) is 22.7. The first-order valence-electron chi connectivity index (χ1n) is 21.9. The van der Waals surface area contributed by atoms with Gasteiger partial charge in [0.05, 0.1) is 10.4 Å². The van der Waals surface area contributed by atoms with Crippen molar-refractivity contribution < 1.29 is 0 Å². The van der Waals surface area contributed by atoms with Crippen molar-refractivity contribution in [1.82, 2.24) is 0 Å². The fourth-order valence-corrected chi connectivity index (χ4v) is 10.8. The summed E-state index contributed by atoms with van der Waals surface area (Å²) in [5, 5.41) is 7.55. The second-order valence-electron chi connectivity index (χ2n) is 16.4. The lowest BCUT2D eigenvalue weighted by Crippen LogP contribution is -2.10. The van der Waals surface area contributed by atoms with Crippen LogP contribution in [0.2, 0.25) is 0 Å². The van der Waals surface area contributed by atoms with Crippen LogP contribution in [0.4, 0.5) is 17.1 Å². The Labute approximate surface area is 377 Å². The minimum absolute atomic E-state index is 1.10. The molecule has 0 amide bonds. The molecule has 0 atom stereocenters. The average Bonchev–Trinajstić information content (AvgIpc) is 3.76. The van der Waals surface area contributed by atoms with Gasteiger partial charge >= 0.3 is 0 Å². The first kappa shape index (κ1) is 37.7. The quantitative estimate of drug-likeness (QED) is 0.147. The summed E-state index contributed by atoms with van der Waals surface area (Å²) in [6.45, 7) is 0. The lowest BCUT2D eigenvalue weighted by atomic mass is 9.85. The first-order chi connectivity index (χ1) is 31.7. The molecule has 0 unspecified atom stereocenters. The molecule has 0 fully saturated rings. The van der Waals surface area contributed by atoms with E-state index >= 15 is 0 Å². The van der Waals surface area contributed by atoms with Crippen molar-refractivity contribution in [3.63, 3.8) is 0 Å². The van der Waals surface area contributed by atoms with Crippen molar-refractivity contribution in [2.45, 2.75) is 0 Å². The van der Waals surface area contributed by atoms with Gasteiger partial charge in [-0.2, -0.15) is 0 Å². The highest BCUT2D eigenvalue weighted by Crippen LogP contribution is 2.47. The van der Waals surface area contributed by atoms with Crippen LogP contribution >= 0.6 is 11.3 Å². The number of anilines is 3. The van der Waals surface area contributed by atoms with E-state index in [0.29, 0.717) is 0 Å². The van der Waals surface area contributed by atoms with Gasteiger partial charge in [-0.25, -0.2) is 0 Å². The Hall–Kier alpha value is -8.04. The zero-order valence-corrected chi connectivity index (χ0v) is 35.8. The van der Waals surface area contributed by atoms with Crippen LogP contribution < -0.4 is 4.90 Å². The standard InChI is InChI=1S/C62H41NS/c1-4-16-43(17-5-1)51-26-14-22-45-30-31-48(40-56(45)51)42-32-36-49(37-33-42)63(59-28-15-27-55-53-24-12-13-29-60(53)64-62(55)59)50-38-34-46(35-39-50)57-41-58(44-18-6-2-7-19-44)61(47-20-8-3-9-21-47)54-25-11-10-23-52(54)57/h1-41H. The van der Waals surface area contributed by atoms with E-state index in [9.17, 15) is 0 Å². The van der Waals surface area contributed by atoms with E-state index in [1.807, 2.05) is 11.3 Å². The molecule has 0 N–H and O–H groups in total. The van der Waals surface area contributed by atoms with Gasteiger partial charge in [-0.15, -0.1) is 11.3 Å². The van der Waals surface area contributed by atoms with Crippen molar-refractivity contribution in [2.24, 2.45) is 0 Å². The van der Waals surface area contributed by atoms with Gasteiger partial charge in [0.15, 0.2) is 0 Å². The van der Waals surface area contributed by atoms with Crippen LogP contribution in [0.15, 0.2) is 249 Å². The number of thiophene rings is 1. The summed E-state index contributed by atoms with van der Waals surface area (Å²) < 4.78 is 2.57. The van der Waals surface area contributed by atoms with E-state index in [0.717, 1.165) is 11.4 Å². The molecule has 1 nitrogen and oxygen atoms in total. The van der Waals surface area contributed by atoms with Gasteiger partial charge in [0, 0.05) is 26.8 Å². The van der Waals surface area contributed by atoms with Crippen LogP contribution in [0, 0.1) is 0 Å². The fourth-order valence-electron chi connectivity index (χ4n) is 9.63. The van der Waals surface area contributed by atoms with Crippen LogP contribution in [0.5, 0.6) is 0 Å².